The largest absolute Gasteiger partial charge is 0.396 e. The number of fused-ring (bicyclic) bond motifs is 7. The van der Waals surface area contributed by atoms with Gasteiger partial charge in [0.2, 0.25) is 0 Å². The van der Waals surface area contributed by atoms with Crippen molar-refractivity contribution in [2.24, 2.45) is 51.2 Å². The molecule has 0 spiro atoms. The molecular formula is C35H68O2. The molecule has 0 saturated heterocycles. The van der Waals surface area contributed by atoms with Gasteiger partial charge in [-0.2, -0.15) is 0 Å². The highest BCUT2D eigenvalue weighted by atomic mass is 16.3. The molecule has 0 aromatic heterocycles. The van der Waals surface area contributed by atoms with Crippen LogP contribution in [0.25, 0.3) is 0 Å². The maximum absolute atomic E-state index is 10.8. The van der Waals surface area contributed by atoms with E-state index < -0.39 is 0 Å². The van der Waals surface area contributed by atoms with Gasteiger partial charge in [-0.1, -0.05) is 81.7 Å². The zero-order valence-electron chi connectivity index (χ0n) is 27.1. The lowest BCUT2D eigenvalue weighted by atomic mass is 9.36. The van der Waals surface area contributed by atoms with Crippen LogP contribution in [0.5, 0.6) is 0 Å². The molecule has 5 fully saturated rings. The van der Waals surface area contributed by atoms with Crippen LogP contribution in [-0.4, -0.2) is 22.9 Å². The highest BCUT2D eigenvalue weighted by Crippen LogP contribution is 2.72. The third-order valence-electron chi connectivity index (χ3n) is 12.0. The molecule has 0 aliphatic heterocycles. The summed E-state index contributed by atoms with van der Waals surface area (Å²) in [6.07, 6.45) is 16.0. The smallest absolute Gasteiger partial charge is 0.0594 e. The standard InChI is InChI=1S/C26H44O2.C3H6.3C2H6/c1-23(2)20-10-13-24(3)18-9-15-26(16-27)12-5-6-19(26)17(18)7-8-21(24)25(20,4)14-11-22(23)28;1-3-2;3*1-2/h17-22,27-28H,5-16H2,1-4H3;3H,1H2,2H3;3*1-2H3/t17?,18?,19?,20?,21?,22-,24-,25-,26+;;;;/m0..../s1. The first-order valence-corrected chi connectivity index (χ1v) is 16.5. The van der Waals surface area contributed by atoms with Gasteiger partial charge in [-0.15, -0.1) is 6.58 Å². The van der Waals surface area contributed by atoms with E-state index in [1.54, 1.807) is 6.08 Å². The predicted molar refractivity (Wildman–Crippen MR) is 164 cm³/mol. The maximum Gasteiger partial charge on any atom is 0.0594 e. The van der Waals surface area contributed by atoms with E-state index in [9.17, 15) is 10.2 Å². The number of hydrogen-bond acceptors (Lipinski definition) is 2. The monoisotopic (exact) mass is 521 g/mol. The molecule has 0 heterocycles. The van der Waals surface area contributed by atoms with Gasteiger partial charge in [-0.3, -0.25) is 0 Å². The molecule has 0 aromatic carbocycles. The zero-order valence-corrected chi connectivity index (χ0v) is 27.1. The van der Waals surface area contributed by atoms with Crippen molar-refractivity contribution in [3.05, 3.63) is 12.7 Å². The summed E-state index contributed by atoms with van der Waals surface area (Å²) in [5.74, 6) is 4.04. The first-order chi connectivity index (χ1) is 17.6. The SMILES string of the molecule is C=CC.CC.CC.CC.CC1(C)C2CC[C@@]3(C)C4CC[C@@]5(CO)CCCC5C4CCC3[C@@]2(C)CC[C@@H]1O. The molecule has 0 bridgehead atoms. The fourth-order valence-electron chi connectivity index (χ4n) is 10.6. The molecule has 5 unspecified atom stereocenters. The van der Waals surface area contributed by atoms with Crippen LogP contribution in [0, 0.1) is 51.2 Å². The normalized spacial score (nSPS) is 44.5. The molecule has 2 N–H and O–H groups in total. The average molecular weight is 521 g/mol. The minimum Gasteiger partial charge on any atom is -0.396 e. The van der Waals surface area contributed by atoms with Crippen molar-refractivity contribution in [2.45, 2.75) is 153 Å². The summed E-state index contributed by atoms with van der Waals surface area (Å²) in [5, 5.41) is 21.1. The van der Waals surface area contributed by atoms with Crippen molar-refractivity contribution in [1.82, 2.24) is 0 Å². The Bertz CT molecular complexity index is 670. The van der Waals surface area contributed by atoms with Crippen molar-refractivity contribution < 1.29 is 10.2 Å². The van der Waals surface area contributed by atoms with Crippen LogP contribution in [0.2, 0.25) is 0 Å². The number of aliphatic hydroxyl groups is 2. The summed E-state index contributed by atoms with van der Waals surface area (Å²) in [6, 6.07) is 0. The van der Waals surface area contributed by atoms with E-state index in [2.05, 4.69) is 34.3 Å². The molecule has 5 aliphatic rings. The third kappa shape index (κ3) is 5.91. The van der Waals surface area contributed by atoms with Gasteiger partial charge in [0.1, 0.15) is 0 Å². The summed E-state index contributed by atoms with van der Waals surface area (Å²) in [4.78, 5) is 0. The second kappa shape index (κ2) is 14.3. The fourth-order valence-corrected chi connectivity index (χ4v) is 10.6. The second-order valence-electron chi connectivity index (χ2n) is 13.3. The molecule has 2 heteroatoms. The minimum absolute atomic E-state index is 0.0647. The second-order valence-corrected chi connectivity index (χ2v) is 13.3. The van der Waals surface area contributed by atoms with Gasteiger partial charge in [0.25, 0.3) is 0 Å². The predicted octanol–water partition coefficient (Wildman–Crippen LogP) is 10.1. The summed E-state index contributed by atoms with van der Waals surface area (Å²) in [6.45, 7) is 27.7. The fraction of sp³-hybridized carbons (Fsp3) is 0.943. The minimum atomic E-state index is -0.121. The average Bonchev–Trinajstić information content (AvgIpc) is 3.35. The van der Waals surface area contributed by atoms with Crippen LogP contribution >= 0.6 is 0 Å². The van der Waals surface area contributed by atoms with Crippen LogP contribution in [0.4, 0.5) is 0 Å². The summed E-state index contributed by atoms with van der Waals surface area (Å²) >= 11 is 0. The Morgan fingerprint density at radius 3 is 1.84 bits per heavy atom. The van der Waals surface area contributed by atoms with E-state index in [1.165, 1.54) is 64.2 Å². The first kappa shape index (κ1) is 34.7. The van der Waals surface area contributed by atoms with Crippen molar-refractivity contribution >= 4 is 0 Å². The molecule has 5 saturated carbocycles. The van der Waals surface area contributed by atoms with Gasteiger partial charge < -0.3 is 10.2 Å². The van der Waals surface area contributed by atoms with Gasteiger partial charge in [0.05, 0.1) is 6.10 Å². The van der Waals surface area contributed by atoms with Gasteiger partial charge >= 0.3 is 0 Å². The van der Waals surface area contributed by atoms with Crippen molar-refractivity contribution in [3.63, 3.8) is 0 Å². The quantitative estimate of drug-likeness (QED) is 0.338. The zero-order chi connectivity index (χ0) is 28.7. The summed E-state index contributed by atoms with van der Waals surface area (Å²) in [5.41, 5.74) is 1.23. The molecule has 220 valence electrons. The number of aliphatic hydroxyl groups excluding tert-OH is 2. The molecule has 2 nitrogen and oxygen atoms in total. The Kier molecular flexibility index (Phi) is 13.4. The highest BCUT2D eigenvalue weighted by Gasteiger charge is 2.66. The Hall–Kier alpha value is -0.340. The lowest BCUT2D eigenvalue weighted by molar-refractivity contribution is -0.216. The number of rotatable bonds is 1. The lowest BCUT2D eigenvalue weighted by Gasteiger charge is -2.69. The van der Waals surface area contributed by atoms with Crippen LogP contribution in [-0.2, 0) is 0 Å². The molecule has 0 aromatic rings. The van der Waals surface area contributed by atoms with Gasteiger partial charge in [0.15, 0.2) is 0 Å². The van der Waals surface area contributed by atoms with Gasteiger partial charge in [-0.05, 0) is 122 Å². The van der Waals surface area contributed by atoms with Crippen LogP contribution < -0.4 is 0 Å². The Labute approximate surface area is 233 Å². The van der Waals surface area contributed by atoms with Crippen molar-refractivity contribution in [3.8, 4) is 0 Å². The summed E-state index contributed by atoms with van der Waals surface area (Å²) in [7, 11) is 0. The van der Waals surface area contributed by atoms with Gasteiger partial charge in [-0.25, -0.2) is 0 Å². The number of allylic oxidation sites excluding steroid dienone is 1. The molecule has 5 rings (SSSR count). The molecule has 0 radical (unpaired) electrons. The van der Waals surface area contributed by atoms with Crippen molar-refractivity contribution in [1.29, 1.82) is 0 Å². The lowest BCUT2D eigenvalue weighted by Crippen LogP contribution is -2.63. The molecule has 5 aliphatic carbocycles. The van der Waals surface area contributed by atoms with Gasteiger partial charge in [0, 0.05) is 6.61 Å². The maximum atomic E-state index is 10.8. The van der Waals surface area contributed by atoms with Crippen LogP contribution in [0.15, 0.2) is 12.7 Å². The molecule has 9 atom stereocenters. The molecular weight excluding hydrogens is 452 g/mol. The van der Waals surface area contributed by atoms with E-state index in [-0.39, 0.29) is 16.9 Å². The molecule has 37 heavy (non-hydrogen) atoms. The van der Waals surface area contributed by atoms with Crippen LogP contribution in [0.3, 0.4) is 0 Å². The van der Waals surface area contributed by atoms with E-state index in [4.69, 9.17) is 0 Å². The number of hydrogen-bond donors (Lipinski definition) is 2. The Morgan fingerprint density at radius 2 is 1.27 bits per heavy atom. The topological polar surface area (TPSA) is 40.5 Å². The Morgan fingerprint density at radius 1 is 0.703 bits per heavy atom. The van der Waals surface area contributed by atoms with E-state index in [0.29, 0.717) is 23.4 Å². The third-order valence-corrected chi connectivity index (χ3v) is 12.0. The van der Waals surface area contributed by atoms with Crippen LogP contribution in [0.1, 0.15) is 147 Å². The summed E-state index contributed by atoms with van der Waals surface area (Å²) < 4.78 is 0. The van der Waals surface area contributed by atoms with E-state index >= 15 is 0 Å². The van der Waals surface area contributed by atoms with E-state index in [0.717, 1.165) is 30.1 Å². The van der Waals surface area contributed by atoms with Crippen molar-refractivity contribution in [2.75, 3.05) is 6.61 Å². The van der Waals surface area contributed by atoms with E-state index in [1.807, 2.05) is 48.5 Å². The molecule has 0 amide bonds. The first-order valence-electron chi connectivity index (χ1n) is 16.5. The Balaban J connectivity index is 0.000000685. The highest BCUT2D eigenvalue weighted by molar-refractivity contribution is 5.15.